The van der Waals surface area contributed by atoms with Crippen molar-refractivity contribution in [2.24, 2.45) is 0 Å². The van der Waals surface area contributed by atoms with Crippen molar-refractivity contribution >= 4 is 5.90 Å². The number of hydrogen-bond acceptors (Lipinski definition) is 4. The second-order valence-electron chi connectivity index (χ2n) is 3.48. The monoisotopic (exact) mass is 206 g/mol. The lowest BCUT2D eigenvalue weighted by Gasteiger charge is -2.12. The molecule has 0 aliphatic carbocycles. The summed E-state index contributed by atoms with van der Waals surface area (Å²) in [6.07, 6.45) is -0.635. The Morgan fingerprint density at radius 3 is 2.87 bits per heavy atom. The fourth-order valence-corrected chi connectivity index (χ4v) is 1.67. The van der Waals surface area contributed by atoms with Gasteiger partial charge in [-0.2, -0.15) is 0 Å². The third kappa shape index (κ3) is 1.45. The molecule has 2 atom stereocenters. The lowest BCUT2D eigenvalue weighted by Crippen LogP contribution is -2.24. The van der Waals surface area contributed by atoms with Gasteiger partial charge in [-0.25, -0.2) is 0 Å². The highest BCUT2D eigenvalue weighted by atomic mass is 16.6. The van der Waals surface area contributed by atoms with Crippen molar-refractivity contribution in [1.82, 2.24) is 0 Å². The summed E-state index contributed by atoms with van der Waals surface area (Å²) in [4.78, 5) is 10.3. The molecular formula is C10H10N2O3. The van der Waals surface area contributed by atoms with E-state index in [0.717, 1.165) is 5.56 Å². The van der Waals surface area contributed by atoms with Crippen molar-refractivity contribution in [1.29, 1.82) is 5.41 Å². The SMILES string of the molecule is CC(C1OC(=N)c2ccccc21)[N+](=O)[O-]. The van der Waals surface area contributed by atoms with Crippen molar-refractivity contribution in [3.05, 3.63) is 45.5 Å². The Morgan fingerprint density at radius 2 is 2.20 bits per heavy atom. The summed E-state index contributed by atoms with van der Waals surface area (Å²) in [6, 6.07) is 6.25. The first-order valence-electron chi connectivity index (χ1n) is 4.59. The molecule has 0 aromatic heterocycles. The maximum Gasteiger partial charge on any atom is 0.250 e. The molecule has 0 amide bonds. The molecule has 15 heavy (non-hydrogen) atoms. The van der Waals surface area contributed by atoms with Crippen LogP contribution >= 0.6 is 0 Å². The molecule has 0 saturated heterocycles. The van der Waals surface area contributed by atoms with E-state index in [1.807, 2.05) is 0 Å². The molecule has 1 heterocycles. The molecule has 0 fully saturated rings. The summed E-state index contributed by atoms with van der Waals surface area (Å²) in [7, 11) is 0. The van der Waals surface area contributed by atoms with Crippen molar-refractivity contribution in [3.63, 3.8) is 0 Å². The van der Waals surface area contributed by atoms with E-state index in [0.29, 0.717) is 5.56 Å². The van der Waals surface area contributed by atoms with Crippen LogP contribution in [0, 0.1) is 15.5 Å². The third-order valence-corrected chi connectivity index (χ3v) is 2.53. The molecule has 5 heteroatoms. The maximum absolute atomic E-state index is 10.7. The summed E-state index contributed by atoms with van der Waals surface area (Å²) in [5.41, 5.74) is 1.38. The standard InChI is InChI=1S/C10H10N2O3/c1-6(12(13)14)9-7-4-2-3-5-8(7)10(11)15-9/h2-6,9,11H,1H3. The molecule has 1 aliphatic rings. The first-order valence-corrected chi connectivity index (χ1v) is 4.59. The van der Waals surface area contributed by atoms with Gasteiger partial charge in [-0.05, 0) is 6.07 Å². The number of ether oxygens (including phenoxy) is 1. The highest BCUT2D eigenvalue weighted by Gasteiger charge is 2.38. The van der Waals surface area contributed by atoms with Gasteiger partial charge in [0.1, 0.15) is 0 Å². The average Bonchev–Trinajstić information content (AvgIpc) is 2.56. The van der Waals surface area contributed by atoms with Crippen LogP contribution in [-0.2, 0) is 4.74 Å². The smallest absolute Gasteiger partial charge is 0.250 e. The van der Waals surface area contributed by atoms with E-state index in [4.69, 9.17) is 10.1 Å². The molecule has 5 nitrogen and oxygen atoms in total. The fraction of sp³-hybridized carbons (Fsp3) is 0.300. The van der Waals surface area contributed by atoms with Gasteiger partial charge in [0.2, 0.25) is 5.90 Å². The van der Waals surface area contributed by atoms with E-state index in [-0.39, 0.29) is 10.8 Å². The molecule has 0 saturated carbocycles. The van der Waals surface area contributed by atoms with Crippen LogP contribution in [0.1, 0.15) is 24.2 Å². The number of benzene rings is 1. The van der Waals surface area contributed by atoms with Gasteiger partial charge in [-0.1, -0.05) is 18.2 Å². The highest BCUT2D eigenvalue weighted by molar-refractivity contribution is 5.96. The Balaban J connectivity index is 2.40. The van der Waals surface area contributed by atoms with Crippen LogP contribution in [0.3, 0.4) is 0 Å². The van der Waals surface area contributed by atoms with Gasteiger partial charge in [-0.15, -0.1) is 0 Å². The Bertz CT molecular complexity index is 430. The van der Waals surface area contributed by atoms with Crippen molar-refractivity contribution in [3.8, 4) is 0 Å². The molecular weight excluding hydrogens is 196 g/mol. The van der Waals surface area contributed by atoms with Gasteiger partial charge < -0.3 is 4.74 Å². The lowest BCUT2D eigenvalue weighted by atomic mass is 10.0. The topological polar surface area (TPSA) is 76.2 Å². The molecule has 0 bridgehead atoms. The Labute approximate surface area is 86.3 Å². The van der Waals surface area contributed by atoms with Crippen LogP contribution in [0.4, 0.5) is 0 Å². The first-order chi connectivity index (χ1) is 7.11. The zero-order chi connectivity index (χ0) is 11.0. The summed E-state index contributed by atoms with van der Waals surface area (Å²) in [6.45, 7) is 1.49. The van der Waals surface area contributed by atoms with Crippen LogP contribution in [0.5, 0.6) is 0 Å². The Kier molecular flexibility index (Phi) is 2.15. The lowest BCUT2D eigenvalue weighted by molar-refractivity contribution is -0.529. The molecule has 1 N–H and O–H groups in total. The second kappa shape index (κ2) is 3.34. The molecule has 2 rings (SSSR count). The quantitative estimate of drug-likeness (QED) is 0.591. The van der Waals surface area contributed by atoms with Gasteiger partial charge in [0.15, 0.2) is 6.10 Å². The minimum atomic E-state index is -0.839. The number of nitrogens with one attached hydrogen (secondary N) is 1. The van der Waals surface area contributed by atoms with Crippen LogP contribution in [0.15, 0.2) is 24.3 Å². The first kappa shape index (κ1) is 9.64. The largest absolute Gasteiger partial charge is 0.462 e. The predicted octanol–water partition coefficient (Wildman–Crippen LogP) is 1.75. The Hall–Kier alpha value is -1.91. The average molecular weight is 206 g/mol. The van der Waals surface area contributed by atoms with E-state index < -0.39 is 12.1 Å². The van der Waals surface area contributed by atoms with Gasteiger partial charge in [0, 0.05) is 23.0 Å². The van der Waals surface area contributed by atoms with Crippen LogP contribution < -0.4 is 0 Å². The third-order valence-electron chi connectivity index (χ3n) is 2.53. The van der Waals surface area contributed by atoms with Gasteiger partial charge in [0.05, 0.1) is 0 Å². The van der Waals surface area contributed by atoms with E-state index in [9.17, 15) is 10.1 Å². The van der Waals surface area contributed by atoms with E-state index in [1.165, 1.54) is 6.92 Å². The van der Waals surface area contributed by atoms with Gasteiger partial charge in [0.25, 0.3) is 6.04 Å². The zero-order valence-electron chi connectivity index (χ0n) is 8.14. The zero-order valence-corrected chi connectivity index (χ0v) is 8.14. The number of nitro groups is 1. The maximum atomic E-state index is 10.7. The summed E-state index contributed by atoms with van der Waals surface area (Å²) < 4.78 is 5.20. The van der Waals surface area contributed by atoms with Crippen molar-refractivity contribution < 1.29 is 9.66 Å². The van der Waals surface area contributed by atoms with Crippen LogP contribution in [0.25, 0.3) is 0 Å². The van der Waals surface area contributed by atoms with Crippen LogP contribution in [0.2, 0.25) is 0 Å². The molecule has 1 aromatic carbocycles. The minimum Gasteiger partial charge on any atom is -0.462 e. The van der Waals surface area contributed by atoms with E-state index in [2.05, 4.69) is 0 Å². The molecule has 1 aliphatic heterocycles. The molecule has 0 spiro atoms. The molecule has 1 aromatic rings. The van der Waals surface area contributed by atoms with Gasteiger partial charge >= 0.3 is 0 Å². The normalized spacial score (nSPS) is 20.6. The van der Waals surface area contributed by atoms with E-state index >= 15 is 0 Å². The Morgan fingerprint density at radius 1 is 1.53 bits per heavy atom. The molecule has 2 unspecified atom stereocenters. The number of hydrogen-bond donors (Lipinski definition) is 1. The minimum absolute atomic E-state index is 0.0179. The number of fused-ring (bicyclic) bond motifs is 1. The van der Waals surface area contributed by atoms with Crippen molar-refractivity contribution in [2.45, 2.75) is 19.1 Å². The predicted molar refractivity (Wildman–Crippen MR) is 53.6 cm³/mol. The van der Waals surface area contributed by atoms with Crippen molar-refractivity contribution in [2.75, 3.05) is 0 Å². The molecule has 78 valence electrons. The number of nitrogens with zero attached hydrogens (tertiary/aromatic N) is 1. The van der Waals surface area contributed by atoms with Gasteiger partial charge in [-0.3, -0.25) is 15.5 Å². The fourth-order valence-electron chi connectivity index (χ4n) is 1.67. The highest BCUT2D eigenvalue weighted by Crippen LogP contribution is 2.33. The van der Waals surface area contributed by atoms with Crippen LogP contribution in [-0.4, -0.2) is 16.9 Å². The second-order valence-corrected chi connectivity index (χ2v) is 3.48. The van der Waals surface area contributed by atoms with E-state index in [1.54, 1.807) is 24.3 Å². The summed E-state index contributed by atoms with van der Waals surface area (Å²) in [5.74, 6) is 0.0179. The summed E-state index contributed by atoms with van der Waals surface area (Å²) in [5, 5.41) is 18.2. The summed E-state index contributed by atoms with van der Waals surface area (Å²) >= 11 is 0. The molecule has 0 radical (unpaired) electrons. The number of rotatable bonds is 2.